The second kappa shape index (κ2) is 7.70. The van der Waals surface area contributed by atoms with E-state index in [1.807, 2.05) is 46.8 Å². The van der Waals surface area contributed by atoms with Crippen LogP contribution in [0.25, 0.3) is 11.0 Å². The highest BCUT2D eigenvalue weighted by molar-refractivity contribution is 5.96. The van der Waals surface area contributed by atoms with Crippen molar-refractivity contribution in [2.45, 2.75) is 46.3 Å². The predicted molar refractivity (Wildman–Crippen MR) is 111 cm³/mol. The number of esters is 1. The molecule has 0 bridgehead atoms. The van der Waals surface area contributed by atoms with Gasteiger partial charge in [-0.1, -0.05) is 18.2 Å². The van der Waals surface area contributed by atoms with Crippen LogP contribution >= 0.6 is 0 Å². The summed E-state index contributed by atoms with van der Waals surface area (Å²) in [7, 11) is 0. The average molecular weight is 397 g/mol. The number of aryl methyl sites for hydroxylation is 1. The summed E-state index contributed by atoms with van der Waals surface area (Å²) in [5.41, 5.74) is 1.49. The van der Waals surface area contributed by atoms with Crippen molar-refractivity contribution in [2.24, 2.45) is 0 Å². The van der Waals surface area contributed by atoms with Crippen LogP contribution in [0.5, 0.6) is 0 Å². The van der Waals surface area contributed by atoms with Crippen LogP contribution in [0.15, 0.2) is 51.9 Å². The highest BCUT2D eigenvalue weighted by atomic mass is 19.1. The van der Waals surface area contributed by atoms with Gasteiger partial charge in [0.2, 0.25) is 11.2 Å². The van der Waals surface area contributed by atoms with Gasteiger partial charge < -0.3 is 14.5 Å². The van der Waals surface area contributed by atoms with Crippen LogP contribution in [0.1, 0.15) is 55.2 Å². The van der Waals surface area contributed by atoms with E-state index < -0.39 is 22.8 Å². The van der Waals surface area contributed by atoms with E-state index >= 15 is 0 Å². The molecule has 0 fully saturated rings. The van der Waals surface area contributed by atoms with E-state index in [-0.39, 0.29) is 11.4 Å². The van der Waals surface area contributed by atoms with E-state index in [0.717, 1.165) is 11.8 Å². The molecule has 152 valence electrons. The van der Waals surface area contributed by atoms with Gasteiger partial charge in [0.15, 0.2) is 0 Å². The quantitative estimate of drug-likeness (QED) is 0.600. The van der Waals surface area contributed by atoms with Gasteiger partial charge in [-0.25, -0.2) is 4.79 Å². The van der Waals surface area contributed by atoms with Gasteiger partial charge in [0.25, 0.3) is 0 Å². The normalized spacial score (nSPS) is 12.6. The van der Waals surface area contributed by atoms with E-state index in [4.69, 9.17) is 9.15 Å². The summed E-state index contributed by atoms with van der Waals surface area (Å²) in [5, 5.41) is 3.48. The zero-order valence-electron chi connectivity index (χ0n) is 17.1. The first-order valence-electron chi connectivity index (χ1n) is 9.37. The molecular weight excluding hydrogens is 373 g/mol. The molecule has 3 rings (SSSR count). The van der Waals surface area contributed by atoms with Crippen molar-refractivity contribution >= 4 is 22.6 Å². The molecular formula is C23H24FNO4. The number of ether oxygens (including phenoxy) is 1. The summed E-state index contributed by atoms with van der Waals surface area (Å²) in [6, 6.07) is 10.2. The number of anilines is 1. The Morgan fingerprint density at radius 2 is 1.90 bits per heavy atom. The van der Waals surface area contributed by atoms with E-state index in [2.05, 4.69) is 5.32 Å². The van der Waals surface area contributed by atoms with Crippen molar-refractivity contribution in [2.75, 3.05) is 5.32 Å². The smallest absolute Gasteiger partial charge is 0.340 e. The van der Waals surface area contributed by atoms with Crippen molar-refractivity contribution in [1.29, 1.82) is 0 Å². The molecule has 0 aliphatic rings. The van der Waals surface area contributed by atoms with Crippen molar-refractivity contribution in [3.63, 3.8) is 0 Å². The zero-order valence-corrected chi connectivity index (χ0v) is 17.1. The molecule has 5 nitrogen and oxygen atoms in total. The molecule has 1 atom stereocenters. The lowest BCUT2D eigenvalue weighted by molar-refractivity contribution is 0.00706. The van der Waals surface area contributed by atoms with Gasteiger partial charge in [-0.3, -0.25) is 4.79 Å². The summed E-state index contributed by atoms with van der Waals surface area (Å²) in [4.78, 5) is 24.8. The first-order chi connectivity index (χ1) is 13.6. The van der Waals surface area contributed by atoms with Crippen molar-refractivity contribution in [1.82, 2.24) is 0 Å². The number of carbonyl (C=O) groups excluding carboxylic acids is 1. The molecule has 1 heterocycles. The van der Waals surface area contributed by atoms with Crippen LogP contribution < -0.4 is 10.7 Å². The fourth-order valence-corrected chi connectivity index (χ4v) is 3.15. The van der Waals surface area contributed by atoms with E-state index in [1.54, 1.807) is 24.3 Å². The van der Waals surface area contributed by atoms with Crippen LogP contribution in [0.2, 0.25) is 0 Å². The molecule has 1 N–H and O–H groups in total. The number of carbonyl (C=O) groups is 1. The summed E-state index contributed by atoms with van der Waals surface area (Å²) < 4.78 is 24.6. The molecule has 1 aromatic heterocycles. The Hall–Kier alpha value is -3.15. The first-order valence-corrected chi connectivity index (χ1v) is 9.37. The molecule has 1 unspecified atom stereocenters. The third kappa shape index (κ3) is 4.47. The lowest BCUT2D eigenvalue weighted by atomic mass is 10.0. The predicted octanol–water partition coefficient (Wildman–Crippen LogP) is 5.37. The minimum absolute atomic E-state index is 0.189. The summed E-state index contributed by atoms with van der Waals surface area (Å²) in [6.07, 6.45) is 0.824. The second-order valence-electron chi connectivity index (χ2n) is 8.06. The summed E-state index contributed by atoms with van der Waals surface area (Å²) in [6.45, 7) is 9.13. The fourth-order valence-electron chi connectivity index (χ4n) is 3.15. The molecule has 2 aromatic carbocycles. The standard InChI is InChI=1S/C23H24FNO4/c1-13-10-16(21-17(11-13)20(26)18(24)12-28-21)14(2)25-19-9-7-6-8-15(19)22(27)29-23(3,4)5/h6-12,14,25H,1-5H3. The maximum atomic E-state index is 13.7. The highest BCUT2D eigenvalue weighted by Gasteiger charge is 2.22. The van der Waals surface area contributed by atoms with Crippen LogP contribution in [0, 0.1) is 12.7 Å². The minimum Gasteiger partial charge on any atom is -0.461 e. The number of nitrogens with one attached hydrogen (secondary N) is 1. The fraction of sp³-hybridized carbons (Fsp3) is 0.304. The molecule has 0 aliphatic carbocycles. The number of rotatable bonds is 4. The van der Waals surface area contributed by atoms with Crippen LogP contribution in [0.3, 0.4) is 0 Å². The molecule has 0 saturated carbocycles. The number of fused-ring (bicyclic) bond motifs is 1. The molecule has 0 amide bonds. The Morgan fingerprint density at radius 3 is 2.59 bits per heavy atom. The topological polar surface area (TPSA) is 68.5 Å². The minimum atomic E-state index is -0.926. The molecule has 6 heteroatoms. The summed E-state index contributed by atoms with van der Waals surface area (Å²) >= 11 is 0. The third-order valence-corrected chi connectivity index (χ3v) is 4.39. The second-order valence-corrected chi connectivity index (χ2v) is 8.06. The van der Waals surface area contributed by atoms with Crippen LogP contribution in [-0.2, 0) is 4.74 Å². The lowest BCUT2D eigenvalue weighted by Gasteiger charge is -2.22. The molecule has 0 spiro atoms. The Bertz CT molecular complexity index is 1130. The van der Waals surface area contributed by atoms with Gasteiger partial charge in [0.1, 0.15) is 17.4 Å². The molecule has 3 aromatic rings. The Kier molecular flexibility index (Phi) is 5.46. The molecule has 0 aliphatic heterocycles. The SMILES string of the molecule is Cc1cc(C(C)Nc2ccccc2C(=O)OC(C)(C)C)c2occ(F)c(=O)c2c1. The monoisotopic (exact) mass is 397 g/mol. The highest BCUT2D eigenvalue weighted by Crippen LogP contribution is 2.29. The Balaban J connectivity index is 2.00. The number of para-hydroxylation sites is 1. The third-order valence-electron chi connectivity index (χ3n) is 4.39. The van der Waals surface area contributed by atoms with Crippen LogP contribution in [0.4, 0.5) is 10.1 Å². The lowest BCUT2D eigenvalue weighted by Crippen LogP contribution is -2.24. The van der Waals surface area contributed by atoms with E-state index in [9.17, 15) is 14.0 Å². The van der Waals surface area contributed by atoms with Crippen molar-refractivity contribution in [3.05, 3.63) is 75.4 Å². The zero-order chi connectivity index (χ0) is 21.3. The Labute approximate surface area is 168 Å². The van der Waals surface area contributed by atoms with Gasteiger partial charge >= 0.3 is 5.97 Å². The molecule has 0 saturated heterocycles. The maximum Gasteiger partial charge on any atom is 0.340 e. The van der Waals surface area contributed by atoms with Crippen molar-refractivity contribution in [3.8, 4) is 0 Å². The average Bonchev–Trinajstić information content (AvgIpc) is 2.63. The number of hydrogen-bond acceptors (Lipinski definition) is 5. The number of halogens is 1. The Morgan fingerprint density at radius 1 is 1.21 bits per heavy atom. The maximum absolute atomic E-state index is 13.7. The molecule has 0 radical (unpaired) electrons. The molecule has 29 heavy (non-hydrogen) atoms. The van der Waals surface area contributed by atoms with Gasteiger partial charge in [0.05, 0.1) is 17.0 Å². The number of hydrogen-bond donors (Lipinski definition) is 1. The first kappa shape index (κ1) is 20.6. The van der Waals surface area contributed by atoms with E-state index in [1.165, 1.54) is 0 Å². The number of benzene rings is 2. The van der Waals surface area contributed by atoms with Crippen molar-refractivity contribution < 1.29 is 18.3 Å². The van der Waals surface area contributed by atoms with Gasteiger partial charge in [-0.05, 0) is 58.4 Å². The van der Waals surface area contributed by atoms with Crippen LogP contribution in [-0.4, -0.2) is 11.6 Å². The summed E-state index contributed by atoms with van der Waals surface area (Å²) in [5.74, 6) is -1.36. The van der Waals surface area contributed by atoms with Gasteiger partial charge in [-0.15, -0.1) is 0 Å². The van der Waals surface area contributed by atoms with E-state index in [0.29, 0.717) is 22.4 Å². The van der Waals surface area contributed by atoms with Gasteiger partial charge in [-0.2, -0.15) is 4.39 Å². The largest absolute Gasteiger partial charge is 0.461 e. The van der Waals surface area contributed by atoms with Gasteiger partial charge in [0, 0.05) is 11.3 Å².